The topological polar surface area (TPSA) is 41.6 Å². The third-order valence-corrected chi connectivity index (χ3v) is 3.07. The third kappa shape index (κ3) is 6.24. The van der Waals surface area contributed by atoms with Crippen LogP contribution in [-0.2, 0) is 9.53 Å². The van der Waals surface area contributed by atoms with Gasteiger partial charge in [0.2, 0.25) is 5.91 Å². The number of likely N-dealkylation sites (N-methyl/N-ethyl adjacent to an activating group) is 1. The summed E-state index contributed by atoms with van der Waals surface area (Å²) in [5, 5.41) is 3.25. The highest BCUT2D eigenvalue weighted by Crippen LogP contribution is 2.11. The van der Waals surface area contributed by atoms with Gasteiger partial charge >= 0.3 is 0 Å². The predicted octanol–water partition coefficient (Wildman–Crippen LogP) is 1.44. The molecule has 1 aliphatic rings. The summed E-state index contributed by atoms with van der Waals surface area (Å²) in [4.78, 5) is 13.8. The predicted molar refractivity (Wildman–Crippen MR) is 71.6 cm³/mol. The summed E-state index contributed by atoms with van der Waals surface area (Å²) in [5.74, 6) is 0.277. The quantitative estimate of drug-likeness (QED) is 0.738. The molecule has 0 aliphatic carbocycles. The Hall–Kier alpha value is -0.320. The molecular formula is C12H25ClN2O2. The van der Waals surface area contributed by atoms with Crippen LogP contribution in [0.5, 0.6) is 0 Å². The minimum Gasteiger partial charge on any atom is -0.382 e. The van der Waals surface area contributed by atoms with E-state index in [0.29, 0.717) is 19.1 Å². The van der Waals surface area contributed by atoms with Gasteiger partial charge in [-0.15, -0.1) is 12.4 Å². The molecule has 0 aromatic rings. The average Bonchev–Trinajstić information content (AvgIpc) is 2.34. The van der Waals surface area contributed by atoms with E-state index in [1.54, 1.807) is 0 Å². The number of carbonyl (C=O) groups is 1. The number of nitrogens with zero attached hydrogens (tertiary/aromatic N) is 1. The SMILES string of the molecule is CCOCCCC(=O)N1CCCC(NC)C1.Cl. The molecule has 4 nitrogen and oxygen atoms in total. The zero-order valence-electron chi connectivity index (χ0n) is 10.9. The summed E-state index contributed by atoms with van der Waals surface area (Å²) in [7, 11) is 1.97. The monoisotopic (exact) mass is 264 g/mol. The third-order valence-electron chi connectivity index (χ3n) is 3.07. The summed E-state index contributed by atoms with van der Waals surface area (Å²) in [5.41, 5.74) is 0. The molecule has 1 N–H and O–H groups in total. The van der Waals surface area contributed by atoms with E-state index in [4.69, 9.17) is 4.74 Å². The molecule has 102 valence electrons. The molecule has 0 spiro atoms. The van der Waals surface area contributed by atoms with Gasteiger partial charge in [-0.25, -0.2) is 0 Å². The highest BCUT2D eigenvalue weighted by Gasteiger charge is 2.21. The van der Waals surface area contributed by atoms with Crippen molar-refractivity contribution < 1.29 is 9.53 Å². The van der Waals surface area contributed by atoms with Gasteiger partial charge in [0.05, 0.1) is 0 Å². The Bertz CT molecular complexity index is 215. The van der Waals surface area contributed by atoms with Gasteiger partial charge < -0.3 is 15.0 Å². The van der Waals surface area contributed by atoms with Crippen LogP contribution < -0.4 is 5.32 Å². The summed E-state index contributed by atoms with van der Waals surface area (Å²) in [6.07, 6.45) is 3.76. The zero-order chi connectivity index (χ0) is 11.8. The van der Waals surface area contributed by atoms with Gasteiger partial charge in [-0.1, -0.05) is 0 Å². The number of amides is 1. The van der Waals surface area contributed by atoms with Crippen molar-refractivity contribution in [2.75, 3.05) is 33.4 Å². The van der Waals surface area contributed by atoms with E-state index < -0.39 is 0 Å². The fraction of sp³-hybridized carbons (Fsp3) is 0.917. The Balaban J connectivity index is 0.00000256. The van der Waals surface area contributed by atoms with Crippen molar-refractivity contribution >= 4 is 18.3 Å². The number of likely N-dealkylation sites (tertiary alicyclic amines) is 1. The Kier molecular flexibility index (Phi) is 9.50. The van der Waals surface area contributed by atoms with E-state index in [1.165, 1.54) is 6.42 Å². The van der Waals surface area contributed by atoms with Crippen molar-refractivity contribution in [1.29, 1.82) is 0 Å². The number of hydrogen-bond donors (Lipinski definition) is 1. The molecule has 1 fully saturated rings. The molecule has 1 saturated heterocycles. The van der Waals surface area contributed by atoms with Gasteiger partial charge in [-0.2, -0.15) is 0 Å². The minimum atomic E-state index is 0. The van der Waals surface area contributed by atoms with Crippen LogP contribution in [0.1, 0.15) is 32.6 Å². The highest BCUT2D eigenvalue weighted by molar-refractivity contribution is 5.85. The maximum Gasteiger partial charge on any atom is 0.222 e. The summed E-state index contributed by atoms with van der Waals surface area (Å²) >= 11 is 0. The van der Waals surface area contributed by atoms with Crippen molar-refractivity contribution in [3.63, 3.8) is 0 Å². The number of nitrogens with one attached hydrogen (secondary N) is 1. The lowest BCUT2D eigenvalue weighted by atomic mass is 10.1. The maximum absolute atomic E-state index is 11.9. The number of piperidine rings is 1. The zero-order valence-corrected chi connectivity index (χ0v) is 11.7. The second-order valence-corrected chi connectivity index (χ2v) is 4.27. The first-order chi connectivity index (χ1) is 7.77. The van der Waals surface area contributed by atoms with Gasteiger partial charge in [0.15, 0.2) is 0 Å². The first kappa shape index (κ1) is 16.7. The van der Waals surface area contributed by atoms with Gasteiger partial charge in [0, 0.05) is 38.8 Å². The standard InChI is InChI=1S/C12H24N2O2.ClH/c1-3-16-9-5-7-12(15)14-8-4-6-11(10-14)13-2;/h11,13H,3-10H2,1-2H3;1H. The molecule has 1 aliphatic heterocycles. The Labute approximate surface area is 110 Å². The molecule has 0 aromatic carbocycles. The van der Waals surface area contributed by atoms with Crippen molar-refractivity contribution in [3.05, 3.63) is 0 Å². The van der Waals surface area contributed by atoms with Crippen molar-refractivity contribution in [2.45, 2.75) is 38.6 Å². The van der Waals surface area contributed by atoms with Gasteiger partial charge in [-0.3, -0.25) is 4.79 Å². The van der Waals surface area contributed by atoms with E-state index in [2.05, 4.69) is 5.32 Å². The maximum atomic E-state index is 11.9. The lowest BCUT2D eigenvalue weighted by Crippen LogP contribution is -2.46. The number of halogens is 1. The van der Waals surface area contributed by atoms with E-state index in [9.17, 15) is 4.79 Å². The van der Waals surface area contributed by atoms with Crippen LogP contribution in [0, 0.1) is 0 Å². The lowest BCUT2D eigenvalue weighted by Gasteiger charge is -2.32. The van der Waals surface area contributed by atoms with E-state index in [1.807, 2.05) is 18.9 Å². The molecule has 0 bridgehead atoms. The Morgan fingerprint density at radius 3 is 2.94 bits per heavy atom. The van der Waals surface area contributed by atoms with Crippen LogP contribution in [0.2, 0.25) is 0 Å². The van der Waals surface area contributed by atoms with Crippen LogP contribution in [0.3, 0.4) is 0 Å². The highest BCUT2D eigenvalue weighted by atomic mass is 35.5. The van der Waals surface area contributed by atoms with Crippen LogP contribution in [0.15, 0.2) is 0 Å². The van der Waals surface area contributed by atoms with Crippen LogP contribution in [-0.4, -0.2) is 50.2 Å². The summed E-state index contributed by atoms with van der Waals surface area (Å²) < 4.78 is 5.23. The van der Waals surface area contributed by atoms with Crippen molar-refractivity contribution in [3.8, 4) is 0 Å². The molecule has 0 aromatic heterocycles. The largest absolute Gasteiger partial charge is 0.382 e. The molecule has 5 heteroatoms. The number of ether oxygens (including phenoxy) is 1. The summed E-state index contributed by atoms with van der Waals surface area (Å²) in [6, 6.07) is 0.476. The smallest absolute Gasteiger partial charge is 0.222 e. The molecule has 0 radical (unpaired) electrons. The van der Waals surface area contributed by atoms with Crippen LogP contribution in [0.25, 0.3) is 0 Å². The number of carbonyl (C=O) groups excluding carboxylic acids is 1. The average molecular weight is 265 g/mol. The van der Waals surface area contributed by atoms with E-state index >= 15 is 0 Å². The van der Waals surface area contributed by atoms with Gasteiger partial charge in [0.1, 0.15) is 0 Å². The fourth-order valence-corrected chi connectivity index (χ4v) is 2.07. The van der Waals surface area contributed by atoms with E-state index in [0.717, 1.165) is 32.5 Å². The van der Waals surface area contributed by atoms with Crippen LogP contribution >= 0.6 is 12.4 Å². The fourth-order valence-electron chi connectivity index (χ4n) is 2.07. The Morgan fingerprint density at radius 2 is 2.29 bits per heavy atom. The lowest BCUT2D eigenvalue weighted by molar-refractivity contribution is -0.132. The van der Waals surface area contributed by atoms with Crippen molar-refractivity contribution in [1.82, 2.24) is 10.2 Å². The first-order valence-electron chi connectivity index (χ1n) is 6.30. The normalized spacial score (nSPS) is 19.9. The summed E-state index contributed by atoms with van der Waals surface area (Å²) in [6.45, 7) is 5.20. The van der Waals surface area contributed by atoms with E-state index in [-0.39, 0.29) is 18.3 Å². The van der Waals surface area contributed by atoms with Gasteiger partial charge in [0.25, 0.3) is 0 Å². The molecule has 1 atom stereocenters. The molecule has 17 heavy (non-hydrogen) atoms. The molecule has 1 rings (SSSR count). The molecule has 0 saturated carbocycles. The molecule has 1 unspecified atom stereocenters. The molecule has 1 amide bonds. The molecular weight excluding hydrogens is 240 g/mol. The second kappa shape index (κ2) is 9.68. The minimum absolute atomic E-state index is 0. The number of rotatable bonds is 6. The molecule has 1 heterocycles. The second-order valence-electron chi connectivity index (χ2n) is 4.27. The van der Waals surface area contributed by atoms with Crippen LogP contribution in [0.4, 0.5) is 0 Å². The van der Waals surface area contributed by atoms with Crippen molar-refractivity contribution in [2.24, 2.45) is 0 Å². The van der Waals surface area contributed by atoms with Gasteiger partial charge in [-0.05, 0) is 33.2 Å². The first-order valence-corrected chi connectivity index (χ1v) is 6.30. The Morgan fingerprint density at radius 1 is 1.53 bits per heavy atom. The number of hydrogen-bond acceptors (Lipinski definition) is 3.